The van der Waals surface area contributed by atoms with Crippen molar-refractivity contribution in [2.45, 2.75) is 20.0 Å². The highest BCUT2D eigenvalue weighted by Crippen LogP contribution is 2.30. The van der Waals surface area contributed by atoms with E-state index >= 15 is 0 Å². The maximum atomic E-state index is 11.7. The molecule has 1 saturated heterocycles. The molecule has 0 radical (unpaired) electrons. The summed E-state index contributed by atoms with van der Waals surface area (Å²) in [6.45, 7) is 4.76. The van der Waals surface area contributed by atoms with Gasteiger partial charge in [0, 0.05) is 12.2 Å². The SMILES string of the molecule is COc1c(C)cc(N2CC(CN)OC2=O)cc1C. The molecule has 98 valence electrons. The lowest BCUT2D eigenvalue weighted by atomic mass is 10.1. The molecule has 1 aliphatic rings. The molecule has 2 N–H and O–H groups in total. The van der Waals surface area contributed by atoms with E-state index in [-0.39, 0.29) is 12.2 Å². The summed E-state index contributed by atoms with van der Waals surface area (Å²) in [5, 5.41) is 0. The Kier molecular flexibility index (Phi) is 3.43. The molecule has 5 nitrogen and oxygen atoms in total. The van der Waals surface area contributed by atoms with Gasteiger partial charge in [0.25, 0.3) is 0 Å². The van der Waals surface area contributed by atoms with Crippen molar-refractivity contribution in [2.75, 3.05) is 25.1 Å². The van der Waals surface area contributed by atoms with E-state index in [4.69, 9.17) is 15.2 Å². The van der Waals surface area contributed by atoms with Gasteiger partial charge < -0.3 is 15.2 Å². The summed E-state index contributed by atoms with van der Waals surface area (Å²) in [6.07, 6.45) is -0.561. The predicted molar refractivity (Wildman–Crippen MR) is 69.1 cm³/mol. The maximum Gasteiger partial charge on any atom is 0.414 e. The van der Waals surface area contributed by atoms with Crippen molar-refractivity contribution in [1.82, 2.24) is 0 Å². The third kappa shape index (κ3) is 2.13. The summed E-state index contributed by atoms with van der Waals surface area (Å²) in [7, 11) is 1.64. The van der Waals surface area contributed by atoms with Gasteiger partial charge in [-0.2, -0.15) is 0 Å². The molecule has 0 aliphatic carbocycles. The molecular formula is C13H18N2O3. The molecule has 1 atom stereocenters. The van der Waals surface area contributed by atoms with Crippen LogP contribution in [0.25, 0.3) is 0 Å². The second-order valence-corrected chi connectivity index (χ2v) is 4.46. The smallest absolute Gasteiger partial charge is 0.414 e. The molecule has 1 aliphatic heterocycles. The molecule has 0 spiro atoms. The molecule has 1 aromatic carbocycles. The Bertz CT molecular complexity index is 450. The number of hydrogen-bond donors (Lipinski definition) is 1. The van der Waals surface area contributed by atoms with Crippen LogP contribution in [0.1, 0.15) is 11.1 Å². The first-order valence-corrected chi connectivity index (χ1v) is 5.90. The normalized spacial score (nSPS) is 19.0. The standard InChI is InChI=1S/C13H18N2O3/c1-8-4-10(5-9(2)12(8)17-3)15-7-11(6-14)18-13(15)16/h4-5,11H,6-7,14H2,1-3H3. The van der Waals surface area contributed by atoms with Crippen LogP contribution in [-0.2, 0) is 4.74 Å². The second-order valence-electron chi connectivity index (χ2n) is 4.46. The van der Waals surface area contributed by atoms with Crippen molar-refractivity contribution in [2.24, 2.45) is 5.73 Å². The number of amides is 1. The lowest BCUT2D eigenvalue weighted by Gasteiger charge is -2.17. The molecule has 0 aromatic heterocycles. The summed E-state index contributed by atoms with van der Waals surface area (Å²) >= 11 is 0. The van der Waals surface area contributed by atoms with E-state index in [1.165, 1.54) is 0 Å². The zero-order valence-corrected chi connectivity index (χ0v) is 10.9. The first kappa shape index (κ1) is 12.7. The Labute approximate surface area is 106 Å². The molecule has 0 bridgehead atoms. The highest BCUT2D eigenvalue weighted by molar-refractivity contribution is 5.90. The first-order valence-electron chi connectivity index (χ1n) is 5.90. The summed E-state index contributed by atoms with van der Waals surface area (Å²) in [6, 6.07) is 3.85. The van der Waals surface area contributed by atoms with Gasteiger partial charge in [-0.25, -0.2) is 4.79 Å². The fourth-order valence-corrected chi connectivity index (χ4v) is 2.26. The molecular weight excluding hydrogens is 232 g/mol. The summed E-state index contributed by atoms with van der Waals surface area (Å²) < 4.78 is 10.5. The Hall–Kier alpha value is -1.75. The number of nitrogens with zero attached hydrogens (tertiary/aromatic N) is 1. The predicted octanol–water partition coefficient (Wildman–Crippen LogP) is 1.60. The number of ether oxygens (including phenoxy) is 2. The fraction of sp³-hybridized carbons (Fsp3) is 0.462. The Morgan fingerprint density at radius 3 is 2.50 bits per heavy atom. The van der Waals surface area contributed by atoms with Gasteiger partial charge in [-0.15, -0.1) is 0 Å². The lowest BCUT2D eigenvalue weighted by Crippen LogP contribution is -2.27. The van der Waals surface area contributed by atoms with E-state index in [1.807, 2.05) is 26.0 Å². The van der Waals surface area contributed by atoms with Crippen molar-refractivity contribution in [3.8, 4) is 5.75 Å². The van der Waals surface area contributed by atoms with Crippen molar-refractivity contribution in [3.05, 3.63) is 23.3 Å². The molecule has 2 rings (SSSR count). The molecule has 1 amide bonds. The van der Waals surface area contributed by atoms with Crippen LogP contribution in [0.2, 0.25) is 0 Å². The Morgan fingerprint density at radius 1 is 1.44 bits per heavy atom. The average Bonchev–Trinajstić information content (AvgIpc) is 2.70. The van der Waals surface area contributed by atoms with Gasteiger partial charge in [0.15, 0.2) is 0 Å². The minimum Gasteiger partial charge on any atom is -0.496 e. The first-order chi connectivity index (χ1) is 8.56. The number of carbonyl (C=O) groups is 1. The minimum atomic E-state index is -0.339. The highest BCUT2D eigenvalue weighted by Gasteiger charge is 2.31. The summed E-state index contributed by atoms with van der Waals surface area (Å²) in [5.41, 5.74) is 8.34. The second kappa shape index (κ2) is 4.86. The van der Waals surface area contributed by atoms with Crippen LogP contribution in [0.3, 0.4) is 0 Å². The van der Waals surface area contributed by atoms with Crippen LogP contribution >= 0.6 is 0 Å². The lowest BCUT2D eigenvalue weighted by molar-refractivity contribution is 0.145. The number of aryl methyl sites for hydroxylation is 2. The number of hydrogen-bond acceptors (Lipinski definition) is 4. The van der Waals surface area contributed by atoms with E-state index < -0.39 is 0 Å². The van der Waals surface area contributed by atoms with E-state index in [0.29, 0.717) is 13.1 Å². The van der Waals surface area contributed by atoms with Gasteiger partial charge in [0.05, 0.1) is 13.7 Å². The molecule has 0 saturated carbocycles. The van der Waals surface area contributed by atoms with Crippen LogP contribution in [-0.4, -0.2) is 32.4 Å². The van der Waals surface area contributed by atoms with E-state index in [2.05, 4.69) is 0 Å². The summed E-state index contributed by atoms with van der Waals surface area (Å²) in [4.78, 5) is 13.3. The number of carbonyl (C=O) groups excluding carboxylic acids is 1. The van der Waals surface area contributed by atoms with Gasteiger partial charge in [0.1, 0.15) is 11.9 Å². The zero-order valence-electron chi connectivity index (χ0n) is 10.9. The van der Waals surface area contributed by atoms with Crippen LogP contribution in [0, 0.1) is 13.8 Å². The van der Waals surface area contributed by atoms with Crippen LogP contribution in [0.5, 0.6) is 5.75 Å². The quantitative estimate of drug-likeness (QED) is 0.885. The Balaban J connectivity index is 2.32. The molecule has 5 heteroatoms. The van der Waals surface area contributed by atoms with Gasteiger partial charge >= 0.3 is 6.09 Å². The average molecular weight is 250 g/mol. The van der Waals surface area contributed by atoms with Crippen molar-refractivity contribution < 1.29 is 14.3 Å². The maximum absolute atomic E-state index is 11.7. The zero-order chi connectivity index (χ0) is 13.3. The minimum absolute atomic E-state index is 0.222. The third-order valence-corrected chi connectivity index (χ3v) is 3.10. The third-order valence-electron chi connectivity index (χ3n) is 3.10. The number of cyclic esters (lactones) is 1. The Morgan fingerprint density at radius 2 is 2.06 bits per heavy atom. The molecule has 1 heterocycles. The highest BCUT2D eigenvalue weighted by atomic mass is 16.6. The molecule has 1 unspecified atom stereocenters. The van der Waals surface area contributed by atoms with E-state index in [9.17, 15) is 4.79 Å². The molecule has 18 heavy (non-hydrogen) atoms. The van der Waals surface area contributed by atoms with E-state index in [0.717, 1.165) is 22.6 Å². The van der Waals surface area contributed by atoms with Crippen molar-refractivity contribution >= 4 is 11.8 Å². The number of rotatable bonds is 3. The topological polar surface area (TPSA) is 64.8 Å². The van der Waals surface area contributed by atoms with Gasteiger partial charge in [-0.05, 0) is 37.1 Å². The number of benzene rings is 1. The number of anilines is 1. The summed E-state index contributed by atoms with van der Waals surface area (Å²) in [5.74, 6) is 0.849. The monoisotopic (exact) mass is 250 g/mol. The van der Waals surface area contributed by atoms with Crippen molar-refractivity contribution in [1.29, 1.82) is 0 Å². The van der Waals surface area contributed by atoms with Crippen LogP contribution in [0.4, 0.5) is 10.5 Å². The van der Waals surface area contributed by atoms with Gasteiger partial charge in [0.2, 0.25) is 0 Å². The number of methoxy groups -OCH3 is 1. The largest absolute Gasteiger partial charge is 0.496 e. The van der Waals surface area contributed by atoms with Crippen LogP contribution < -0.4 is 15.4 Å². The molecule has 1 aromatic rings. The van der Waals surface area contributed by atoms with Crippen LogP contribution in [0.15, 0.2) is 12.1 Å². The van der Waals surface area contributed by atoms with Gasteiger partial charge in [-0.1, -0.05) is 0 Å². The van der Waals surface area contributed by atoms with E-state index in [1.54, 1.807) is 12.0 Å². The fourth-order valence-electron chi connectivity index (χ4n) is 2.26. The molecule has 1 fully saturated rings. The van der Waals surface area contributed by atoms with Gasteiger partial charge in [-0.3, -0.25) is 4.90 Å². The number of nitrogens with two attached hydrogens (primary N) is 1. The van der Waals surface area contributed by atoms with Crippen molar-refractivity contribution in [3.63, 3.8) is 0 Å².